The molecule has 2 aromatic rings. The van der Waals surface area contributed by atoms with Crippen LogP contribution in [0.3, 0.4) is 0 Å². The molecule has 0 fully saturated rings. The fourth-order valence-electron chi connectivity index (χ4n) is 2.43. The van der Waals surface area contributed by atoms with E-state index < -0.39 is 0 Å². The fraction of sp³-hybridized carbons (Fsp3) is 0.412. The molecule has 96 valence electrons. The van der Waals surface area contributed by atoms with Crippen molar-refractivity contribution in [1.82, 2.24) is 5.32 Å². The van der Waals surface area contributed by atoms with Crippen molar-refractivity contribution in [3.63, 3.8) is 0 Å². The average Bonchev–Trinajstić information content (AvgIpc) is 2.38. The molecule has 0 saturated heterocycles. The Morgan fingerprint density at radius 3 is 2.39 bits per heavy atom. The number of hydrogen-bond donors (Lipinski definition) is 1. The first-order chi connectivity index (χ1) is 8.70. The van der Waals surface area contributed by atoms with E-state index in [9.17, 15) is 0 Å². The number of rotatable bonds is 5. The zero-order valence-electron chi connectivity index (χ0n) is 11.6. The number of likely N-dealkylation sites (N-methyl/N-ethyl adjacent to an activating group) is 1. The number of hydrogen-bond acceptors (Lipinski definition) is 1. The zero-order chi connectivity index (χ0) is 13.0. The summed E-state index contributed by atoms with van der Waals surface area (Å²) in [7, 11) is 0. The van der Waals surface area contributed by atoms with E-state index in [2.05, 4.69) is 68.6 Å². The van der Waals surface area contributed by atoms with Crippen molar-refractivity contribution in [2.24, 2.45) is 5.92 Å². The van der Waals surface area contributed by atoms with Crippen molar-refractivity contribution in [3.8, 4) is 0 Å². The first-order valence-corrected chi connectivity index (χ1v) is 6.91. The quantitative estimate of drug-likeness (QED) is 0.833. The van der Waals surface area contributed by atoms with Crippen molar-refractivity contribution in [2.45, 2.75) is 33.2 Å². The molecule has 1 nitrogen and oxygen atoms in total. The SMILES string of the molecule is CCNC(Cc1ccc2ccccc2c1)C(C)C. The van der Waals surface area contributed by atoms with Crippen molar-refractivity contribution in [2.75, 3.05) is 6.54 Å². The van der Waals surface area contributed by atoms with Crippen LogP contribution in [0.15, 0.2) is 42.5 Å². The topological polar surface area (TPSA) is 12.0 Å². The first kappa shape index (κ1) is 13.1. The lowest BCUT2D eigenvalue weighted by Gasteiger charge is -2.22. The van der Waals surface area contributed by atoms with Crippen molar-refractivity contribution in [1.29, 1.82) is 0 Å². The molecular weight excluding hydrogens is 218 g/mol. The molecule has 1 atom stereocenters. The molecule has 0 amide bonds. The highest BCUT2D eigenvalue weighted by Crippen LogP contribution is 2.18. The van der Waals surface area contributed by atoms with Gasteiger partial charge in [-0.2, -0.15) is 0 Å². The Kier molecular flexibility index (Phi) is 4.38. The summed E-state index contributed by atoms with van der Waals surface area (Å²) in [5.41, 5.74) is 1.42. The third-order valence-electron chi connectivity index (χ3n) is 3.54. The maximum atomic E-state index is 3.58. The molecule has 0 aromatic heterocycles. The molecular formula is C17H23N. The van der Waals surface area contributed by atoms with Crippen LogP contribution in [0.4, 0.5) is 0 Å². The van der Waals surface area contributed by atoms with Gasteiger partial charge in [0.15, 0.2) is 0 Å². The van der Waals surface area contributed by atoms with Crippen LogP contribution in [0.25, 0.3) is 10.8 Å². The highest BCUT2D eigenvalue weighted by molar-refractivity contribution is 5.82. The third kappa shape index (κ3) is 3.11. The van der Waals surface area contributed by atoms with Crippen LogP contribution in [0.1, 0.15) is 26.3 Å². The highest BCUT2D eigenvalue weighted by Gasteiger charge is 2.12. The summed E-state index contributed by atoms with van der Waals surface area (Å²) >= 11 is 0. The Labute approximate surface area is 110 Å². The zero-order valence-corrected chi connectivity index (χ0v) is 11.6. The Balaban J connectivity index is 2.20. The van der Waals surface area contributed by atoms with Crippen LogP contribution < -0.4 is 5.32 Å². The van der Waals surface area contributed by atoms with Crippen LogP contribution in [-0.4, -0.2) is 12.6 Å². The third-order valence-corrected chi connectivity index (χ3v) is 3.54. The van der Waals surface area contributed by atoms with E-state index in [4.69, 9.17) is 0 Å². The molecule has 0 aliphatic heterocycles. The lowest BCUT2D eigenvalue weighted by atomic mass is 9.95. The molecule has 0 aliphatic carbocycles. The maximum absolute atomic E-state index is 3.58. The molecule has 0 heterocycles. The predicted molar refractivity (Wildman–Crippen MR) is 80.0 cm³/mol. The van der Waals surface area contributed by atoms with Crippen LogP contribution in [0.2, 0.25) is 0 Å². The number of fused-ring (bicyclic) bond motifs is 1. The van der Waals surface area contributed by atoms with Crippen LogP contribution in [0.5, 0.6) is 0 Å². The highest BCUT2D eigenvalue weighted by atomic mass is 14.9. The summed E-state index contributed by atoms with van der Waals surface area (Å²) < 4.78 is 0. The van der Waals surface area contributed by atoms with Crippen LogP contribution in [0, 0.1) is 5.92 Å². The fourth-order valence-corrected chi connectivity index (χ4v) is 2.43. The van der Waals surface area contributed by atoms with E-state index in [0.29, 0.717) is 12.0 Å². The monoisotopic (exact) mass is 241 g/mol. The summed E-state index contributed by atoms with van der Waals surface area (Å²) in [6.07, 6.45) is 1.11. The van der Waals surface area contributed by atoms with E-state index in [1.165, 1.54) is 16.3 Å². The van der Waals surface area contributed by atoms with Gasteiger partial charge in [0.1, 0.15) is 0 Å². The van der Waals surface area contributed by atoms with E-state index in [1.54, 1.807) is 0 Å². The summed E-state index contributed by atoms with van der Waals surface area (Å²) in [4.78, 5) is 0. The summed E-state index contributed by atoms with van der Waals surface area (Å²) in [6, 6.07) is 15.9. The molecule has 0 radical (unpaired) electrons. The minimum absolute atomic E-state index is 0.566. The summed E-state index contributed by atoms with van der Waals surface area (Å²) in [5, 5.41) is 6.25. The first-order valence-electron chi connectivity index (χ1n) is 6.91. The second-order valence-corrected chi connectivity index (χ2v) is 5.29. The Morgan fingerprint density at radius 2 is 1.72 bits per heavy atom. The van der Waals surface area contributed by atoms with Gasteiger partial charge in [-0.15, -0.1) is 0 Å². The molecule has 0 bridgehead atoms. The number of benzene rings is 2. The van der Waals surface area contributed by atoms with Gasteiger partial charge < -0.3 is 5.32 Å². The van der Waals surface area contributed by atoms with Crippen LogP contribution in [-0.2, 0) is 6.42 Å². The molecule has 1 N–H and O–H groups in total. The van der Waals surface area contributed by atoms with E-state index >= 15 is 0 Å². The van der Waals surface area contributed by atoms with Gasteiger partial charge in [0.2, 0.25) is 0 Å². The van der Waals surface area contributed by atoms with Gasteiger partial charge in [0.25, 0.3) is 0 Å². The van der Waals surface area contributed by atoms with Gasteiger partial charge in [-0.05, 0) is 35.2 Å². The second kappa shape index (κ2) is 6.01. The van der Waals surface area contributed by atoms with E-state index in [1.807, 2.05) is 0 Å². The largest absolute Gasteiger partial charge is 0.314 e. The molecule has 1 heteroatoms. The van der Waals surface area contributed by atoms with E-state index in [-0.39, 0.29) is 0 Å². The van der Waals surface area contributed by atoms with Crippen molar-refractivity contribution >= 4 is 10.8 Å². The van der Waals surface area contributed by atoms with Gasteiger partial charge in [0.05, 0.1) is 0 Å². The summed E-state index contributed by atoms with van der Waals surface area (Å²) in [5.74, 6) is 0.663. The Hall–Kier alpha value is -1.34. The molecule has 2 rings (SSSR count). The standard InChI is InChI=1S/C17H23N/c1-4-18-17(13(2)3)12-14-9-10-15-7-5-6-8-16(15)11-14/h5-11,13,17-18H,4,12H2,1-3H3. The van der Waals surface area contributed by atoms with Gasteiger partial charge >= 0.3 is 0 Å². The normalized spacial score (nSPS) is 13.1. The minimum Gasteiger partial charge on any atom is -0.314 e. The van der Waals surface area contributed by atoms with Crippen molar-refractivity contribution < 1.29 is 0 Å². The van der Waals surface area contributed by atoms with Crippen LogP contribution >= 0.6 is 0 Å². The molecule has 18 heavy (non-hydrogen) atoms. The molecule has 1 unspecified atom stereocenters. The molecule has 0 spiro atoms. The van der Waals surface area contributed by atoms with E-state index in [0.717, 1.165) is 13.0 Å². The Morgan fingerprint density at radius 1 is 1.00 bits per heavy atom. The van der Waals surface area contributed by atoms with Gasteiger partial charge in [-0.3, -0.25) is 0 Å². The second-order valence-electron chi connectivity index (χ2n) is 5.29. The average molecular weight is 241 g/mol. The lowest BCUT2D eigenvalue weighted by Crippen LogP contribution is -2.35. The molecule has 0 aliphatic rings. The van der Waals surface area contributed by atoms with Crippen molar-refractivity contribution in [3.05, 3.63) is 48.0 Å². The van der Waals surface area contributed by atoms with Gasteiger partial charge in [0, 0.05) is 6.04 Å². The predicted octanol–water partition coefficient (Wildman–Crippen LogP) is 4.02. The maximum Gasteiger partial charge on any atom is 0.0130 e. The molecule has 2 aromatic carbocycles. The van der Waals surface area contributed by atoms with Gasteiger partial charge in [-0.25, -0.2) is 0 Å². The van der Waals surface area contributed by atoms with Gasteiger partial charge in [-0.1, -0.05) is 63.2 Å². The summed E-state index contributed by atoms with van der Waals surface area (Å²) in [6.45, 7) is 7.79. The lowest BCUT2D eigenvalue weighted by molar-refractivity contribution is 0.405. The minimum atomic E-state index is 0.566. The smallest absolute Gasteiger partial charge is 0.0130 e. The Bertz CT molecular complexity index is 502. The number of nitrogens with one attached hydrogen (secondary N) is 1. The molecule has 0 saturated carbocycles.